The first-order valence-electron chi connectivity index (χ1n) is 7.86. The van der Waals surface area contributed by atoms with E-state index in [1.807, 2.05) is 6.07 Å². The van der Waals surface area contributed by atoms with Gasteiger partial charge in [-0.15, -0.1) is 0 Å². The molecular formula is C19H13ClFN3O2S. The van der Waals surface area contributed by atoms with Crippen molar-refractivity contribution in [3.63, 3.8) is 0 Å². The van der Waals surface area contributed by atoms with E-state index in [-0.39, 0.29) is 16.5 Å². The molecular weight excluding hydrogens is 389 g/mol. The minimum absolute atomic E-state index is 0.138. The van der Waals surface area contributed by atoms with Gasteiger partial charge in [0.2, 0.25) is 5.91 Å². The van der Waals surface area contributed by atoms with Gasteiger partial charge in [0.1, 0.15) is 22.5 Å². The van der Waals surface area contributed by atoms with Gasteiger partial charge >= 0.3 is 0 Å². The number of anilines is 1. The van der Waals surface area contributed by atoms with E-state index in [1.165, 1.54) is 29.2 Å². The van der Waals surface area contributed by atoms with Gasteiger partial charge in [-0.05, 0) is 42.3 Å². The minimum Gasteiger partial charge on any atom is -0.365 e. The average molecular weight is 402 g/mol. The van der Waals surface area contributed by atoms with Crippen molar-refractivity contribution in [2.24, 2.45) is 5.73 Å². The fraction of sp³-hybridized carbons (Fsp3) is 0.105. The molecule has 2 N–H and O–H groups in total. The molecule has 0 aromatic heterocycles. The number of thioether (sulfide) groups is 1. The van der Waals surface area contributed by atoms with Gasteiger partial charge in [0.05, 0.1) is 5.25 Å². The number of carbonyl (C=O) groups is 2. The molecule has 1 saturated heterocycles. The Balaban J connectivity index is 2.05. The third kappa shape index (κ3) is 3.82. The summed E-state index contributed by atoms with van der Waals surface area (Å²) in [6.45, 7) is 0. The summed E-state index contributed by atoms with van der Waals surface area (Å²) in [6.07, 6.45) is 0.307. The van der Waals surface area contributed by atoms with Crippen molar-refractivity contribution in [1.82, 2.24) is 0 Å². The van der Waals surface area contributed by atoms with Gasteiger partial charge < -0.3 is 5.73 Å². The van der Waals surface area contributed by atoms with E-state index in [9.17, 15) is 19.2 Å². The number of nitrogens with zero attached hydrogens (tertiary/aromatic N) is 2. The molecule has 2 aromatic carbocycles. The first-order valence-corrected chi connectivity index (χ1v) is 9.12. The predicted molar refractivity (Wildman–Crippen MR) is 102 cm³/mol. The predicted octanol–water partition coefficient (Wildman–Crippen LogP) is 3.39. The van der Waals surface area contributed by atoms with Gasteiger partial charge in [0, 0.05) is 10.7 Å². The van der Waals surface area contributed by atoms with Gasteiger partial charge in [-0.25, -0.2) is 4.39 Å². The number of hydrogen-bond donors (Lipinski definition) is 1. The Labute approximate surface area is 164 Å². The summed E-state index contributed by atoms with van der Waals surface area (Å²) in [6, 6.07) is 14.1. The van der Waals surface area contributed by atoms with Crippen LogP contribution < -0.4 is 10.6 Å². The van der Waals surface area contributed by atoms with E-state index in [1.54, 1.807) is 24.3 Å². The van der Waals surface area contributed by atoms with Crippen molar-refractivity contribution in [2.75, 3.05) is 4.90 Å². The lowest BCUT2D eigenvalue weighted by Crippen LogP contribution is -2.31. The van der Waals surface area contributed by atoms with Crippen molar-refractivity contribution in [3.8, 4) is 6.07 Å². The number of rotatable bonds is 4. The van der Waals surface area contributed by atoms with E-state index in [4.69, 9.17) is 17.3 Å². The number of hydrogen-bond acceptors (Lipinski definition) is 4. The monoisotopic (exact) mass is 401 g/mol. The normalized spacial score (nSPS) is 18.3. The minimum atomic E-state index is -0.932. The Hall–Kier alpha value is -2.82. The molecule has 2 aromatic rings. The topological polar surface area (TPSA) is 87.2 Å². The van der Waals surface area contributed by atoms with Crippen molar-refractivity contribution in [3.05, 3.63) is 75.5 Å². The SMILES string of the molecule is N#C/C(C(N)=O)=C1/SC(Cc2ccccc2Cl)C(=O)N1c1ccc(F)cc1. The molecule has 0 saturated carbocycles. The first kappa shape index (κ1) is 19.0. The molecule has 0 radical (unpaired) electrons. The average Bonchev–Trinajstić information content (AvgIpc) is 2.94. The molecule has 1 fully saturated rings. The molecule has 0 aliphatic carbocycles. The van der Waals surface area contributed by atoms with Crippen LogP contribution in [-0.2, 0) is 16.0 Å². The second kappa shape index (κ2) is 7.82. The molecule has 1 heterocycles. The van der Waals surface area contributed by atoms with E-state index >= 15 is 0 Å². The summed E-state index contributed by atoms with van der Waals surface area (Å²) in [5.74, 6) is -1.74. The third-order valence-corrected chi connectivity index (χ3v) is 5.60. The molecule has 1 unspecified atom stereocenters. The van der Waals surface area contributed by atoms with E-state index in [2.05, 4.69) is 0 Å². The van der Waals surface area contributed by atoms with Crippen LogP contribution in [-0.4, -0.2) is 17.1 Å². The number of nitriles is 1. The number of amides is 2. The summed E-state index contributed by atoms with van der Waals surface area (Å²) >= 11 is 7.25. The number of halogens is 2. The van der Waals surface area contributed by atoms with Crippen molar-refractivity contribution >= 4 is 40.9 Å². The van der Waals surface area contributed by atoms with Crippen LogP contribution in [0.3, 0.4) is 0 Å². The third-order valence-electron chi connectivity index (χ3n) is 3.97. The lowest BCUT2D eigenvalue weighted by Gasteiger charge is -2.18. The number of primary amides is 1. The Morgan fingerprint density at radius 1 is 1.26 bits per heavy atom. The second-order valence-electron chi connectivity index (χ2n) is 5.71. The van der Waals surface area contributed by atoms with Gasteiger partial charge in [-0.2, -0.15) is 5.26 Å². The van der Waals surface area contributed by atoms with Crippen LogP contribution in [0.5, 0.6) is 0 Å². The van der Waals surface area contributed by atoms with E-state index in [0.29, 0.717) is 17.1 Å². The number of benzene rings is 2. The van der Waals surface area contributed by atoms with Crippen molar-refractivity contribution in [2.45, 2.75) is 11.7 Å². The Morgan fingerprint density at radius 3 is 2.52 bits per heavy atom. The van der Waals surface area contributed by atoms with Crippen LogP contribution >= 0.6 is 23.4 Å². The molecule has 3 rings (SSSR count). The highest BCUT2D eigenvalue weighted by atomic mass is 35.5. The lowest BCUT2D eigenvalue weighted by molar-refractivity contribution is -0.117. The summed E-state index contributed by atoms with van der Waals surface area (Å²) < 4.78 is 13.3. The van der Waals surface area contributed by atoms with Crippen LogP contribution in [0.25, 0.3) is 0 Å². The summed E-state index contributed by atoms with van der Waals surface area (Å²) in [5.41, 5.74) is 6.10. The fourth-order valence-corrected chi connectivity index (χ4v) is 4.20. The standard InChI is InChI=1S/C19H13ClFN3O2S/c20-15-4-2-1-3-11(15)9-16-18(26)24(13-7-5-12(21)6-8-13)19(27-16)14(10-22)17(23)25/h1-8,16H,9H2,(H2,23,25)/b19-14-. The molecule has 27 heavy (non-hydrogen) atoms. The smallest absolute Gasteiger partial charge is 0.262 e. The van der Waals surface area contributed by atoms with Crippen LogP contribution in [0.2, 0.25) is 5.02 Å². The Kier molecular flexibility index (Phi) is 5.49. The largest absolute Gasteiger partial charge is 0.365 e. The summed E-state index contributed by atoms with van der Waals surface area (Å²) in [7, 11) is 0. The number of nitrogens with two attached hydrogens (primary N) is 1. The summed E-state index contributed by atoms with van der Waals surface area (Å²) in [4.78, 5) is 25.9. The summed E-state index contributed by atoms with van der Waals surface area (Å²) in [5, 5.41) is 9.38. The molecule has 5 nitrogen and oxygen atoms in total. The van der Waals surface area contributed by atoms with Gasteiger partial charge in [0.25, 0.3) is 5.91 Å². The lowest BCUT2D eigenvalue weighted by atomic mass is 10.1. The van der Waals surface area contributed by atoms with Crippen LogP contribution in [0.4, 0.5) is 10.1 Å². The van der Waals surface area contributed by atoms with Crippen LogP contribution in [0.15, 0.2) is 59.1 Å². The molecule has 1 atom stereocenters. The maximum absolute atomic E-state index is 13.3. The highest BCUT2D eigenvalue weighted by Crippen LogP contribution is 2.42. The zero-order valence-electron chi connectivity index (χ0n) is 13.9. The molecule has 1 aliphatic heterocycles. The molecule has 0 spiro atoms. The van der Waals surface area contributed by atoms with Crippen molar-refractivity contribution in [1.29, 1.82) is 5.26 Å². The molecule has 1 aliphatic rings. The molecule has 0 bridgehead atoms. The van der Waals surface area contributed by atoms with Crippen LogP contribution in [0, 0.1) is 17.1 Å². The zero-order valence-corrected chi connectivity index (χ0v) is 15.4. The van der Waals surface area contributed by atoms with Gasteiger partial charge in [0.15, 0.2) is 0 Å². The quantitative estimate of drug-likeness (QED) is 0.628. The second-order valence-corrected chi connectivity index (χ2v) is 7.31. The van der Waals surface area contributed by atoms with Crippen LogP contribution in [0.1, 0.15) is 5.56 Å². The number of carbonyl (C=O) groups excluding carboxylic acids is 2. The zero-order chi connectivity index (χ0) is 19.6. The maximum Gasteiger partial charge on any atom is 0.262 e. The Morgan fingerprint density at radius 2 is 1.93 bits per heavy atom. The highest BCUT2D eigenvalue weighted by Gasteiger charge is 2.40. The van der Waals surface area contributed by atoms with Gasteiger partial charge in [-0.3, -0.25) is 14.5 Å². The fourth-order valence-electron chi connectivity index (χ4n) is 2.69. The van der Waals surface area contributed by atoms with Crippen molar-refractivity contribution < 1.29 is 14.0 Å². The molecule has 136 valence electrons. The first-order chi connectivity index (χ1) is 12.9. The molecule has 2 amide bonds. The maximum atomic E-state index is 13.3. The Bertz CT molecular complexity index is 985. The van der Waals surface area contributed by atoms with Gasteiger partial charge in [-0.1, -0.05) is 41.6 Å². The van der Waals surface area contributed by atoms with E-state index < -0.39 is 17.0 Å². The molecule has 8 heteroatoms. The van der Waals surface area contributed by atoms with E-state index in [0.717, 1.165) is 17.3 Å². The highest BCUT2D eigenvalue weighted by molar-refractivity contribution is 8.05.